The first-order valence-corrected chi connectivity index (χ1v) is 16.0. The number of rotatable bonds is 0. The molecule has 3 heterocycles. The minimum atomic E-state index is -4.55. The molecule has 0 fully saturated rings. The minimum absolute atomic E-state index is 0.00146. The summed E-state index contributed by atoms with van der Waals surface area (Å²) in [7, 11) is 0. The smallest absolute Gasteiger partial charge is 0.416 e. The van der Waals surface area contributed by atoms with E-state index in [1.165, 1.54) is 11.0 Å². The third kappa shape index (κ3) is 8.60. The Morgan fingerprint density at radius 3 is 2.35 bits per heavy atom. The second kappa shape index (κ2) is 14.6. The molecule has 0 aliphatic carbocycles. The summed E-state index contributed by atoms with van der Waals surface area (Å²) < 4.78 is 46.2. The van der Waals surface area contributed by atoms with Gasteiger partial charge < -0.3 is 25.6 Å². The van der Waals surface area contributed by atoms with Crippen molar-refractivity contribution in [3.63, 3.8) is 0 Å². The molecule has 3 amide bonds. The molecular formula is C36H39F3N4O5. The summed E-state index contributed by atoms with van der Waals surface area (Å²) in [5.74, 6) is -1.53. The third-order valence-corrected chi connectivity index (χ3v) is 8.49. The van der Waals surface area contributed by atoms with Crippen LogP contribution in [0.4, 0.5) is 18.9 Å². The van der Waals surface area contributed by atoms with E-state index in [0.29, 0.717) is 34.4 Å². The normalized spacial score (nSPS) is 19.9. The van der Waals surface area contributed by atoms with Gasteiger partial charge in [-0.1, -0.05) is 42.5 Å². The number of nitrogens with zero attached hydrogens (tertiary/aromatic N) is 1. The van der Waals surface area contributed by atoms with Gasteiger partial charge in [-0.05, 0) is 79.6 Å². The number of hydrogen-bond acceptors (Lipinski definition) is 6. The van der Waals surface area contributed by atoms with E-state index in [1.807, 2.05) is 24.3 Å². The number of anilines is 1. The van der Waals surface area contributed by atoms with Gasteiger partial charge in [0.25, 0.3) is 5.91 Å². The number of amides is 3. The summed E-state index contributed by atoms with van der Waals surface area (Å²) in [6.07, 6.45) is -3.76. The fraction of sp³-hybridized carbons (Fsp3) is 0.389. The molecule has 1 atom stereocenters. The maximum atomic E-state index is 14.0. The number of benzene rings is 3. The van der Waals surface area contributed by atoms with Crippen LogP contribution < -0.4 is 20.9 Å². The summed E-state index contributed by atoms with van der Waals surface area (Å²) >= 11 is 0. The van der Waals surface area contributed by atoms with Crippen molar-refractivity contribution < 1.29 is 37.1 Å². The first kappa shape index (κ1) is 34.6. The fourth-order valence-electron chi connectivity index (χ4n) is 6.02. The van der Waals surface area contributed by atoms with E-state index >= 15 is 0 Å². The molecule has 0 radical (unpaired) electrons. The molecule has 0 unspecified atom stereocenters. The average Bonchev–Trinajstić information content (AvgIpc) is 3.16. The maximum Gasteiger partial charge on any atom is 0.416 e. The quantitative estimate of drug-likeness (QED) is 0.286. The molecule has 4 bridgehead atoms. The molecular weight excluding hydrogens is 625 g/mol. The monoisotopic (exact) mass is 664 g/mol. The molecule has 6 rings (SSSR count). The van der Waals surface area contributed by atoms with Crippen LogP contribution in [0.5, 0.6) is 0 Å². The molecule has 0 spiro atoms. The number of alkyl halides is 3. The number of carbonyl (C=O) groups excluding carboxylic acids is 4. The van der Waals surface area contributed by atoms with Crippen molar-refractivity contribution >= 4 is 29.4 Å². The Morgan fingerprint density at radius 1 is 0.896 bits per heavy atom. The van der Waals surface area contributed by atoms with E-state index in [0.717, 1.165) is 17.7 Å². The Morgan fingerprint density at radius 2 is 1.62 bits per heavy atom. The lowest BCUT2D eigenvalue weighted by Gasteiger charge is -2.29. The summed E-state index contributed by atoms with van der Waals surface area (Å²) in [6.45, 7) is 4.30. The Balaban J connectivity index is 1.48. The molecule has 3 aliphatic heterocycles. The molecule has 12 heteroatoms. The highest BCUT2D eigenvalue weighted by atomic mass is 19.4. The van der Waals surface area contributed by atoms with Gasteiger partial charge in [0.05, 0.1) is 12.1 Å². The topological polar surface area (TPSA) is 117 Å². The second-order valence-electron chi connectivity index (χ2n) is 12.7. The zero-order chi connectivity index (χ0) is 34.5. The van der Waals surface area contributed by atoms with Gasteiger partial charge in [-0.3, -0.25) is 19.2 Å². The molecule has 0 aromatic heterocycles. The first-order valence-electron chi connectivity index (χ1n) is 16.0. The third-order valence-electron chi connectivity index (χ3n) is 8.49. The summed E-state index contributed by atoms with van der Waals surface area (Å²) in [5, 5.41) is 8.88. The van der Waals surface area contributed by atoms with Crippen LogP contribution in [0.2, 0.25) is 0 Å². The van der Waals surface area contributed by atoms with Gasteiger partial charge in [0.1, 0.15) is 12.6 Å². The fourth-order valence-corrected chi connectivity index (χ4v) is 6.02. The largest absolute Gasteiger partial charge is 0.464 e. The van der Waals surface area contributed by atoms with Crippen molar-refractivity contribution in [3.05, 3.63) is 89.0 Å². The highest BCUT2D eigenvalue weighted by molar-refractivity contribution is 6.01. The van der Waals surface area contributed by atoms with E-state index in [9.17, 15) is 32.3 Å². The molecule has 3 aromatic rings. The van der Waals surface area contributed by atoms with E-state index in [2.05, 4.69) is 16.0 Å². The number of hydrogen-bond donors (Lipinski definition) is 3. The van der Waals surface area contributed by atoms with Crippen molar-refractivity contribution in [1.29, 1.82) is 0 Å². The van der Waals surface area contributed by atoms with E-state index in [1.54, 1.807) is 38.1 Å². The lowest BCUT2D eigenvalue weighted by molar-refractivity contribution is -0.143. The van der Waals surface area contributed by atoms with Crippen LogP contribution in [0.1, 0.15) is 66.6 Å². The zero-order valence-corrected chi connectivity index (χ0v) is 26.9. The summed E-state index contributed by atoms with van der Waals surface area (Å²) in [4.78, 5) is 54.0. The maximum absolute atomic E-state index is 14.0. The van der Waals surface area contributed by atoms with Gasteiger partial charge in [-0.2, -0.15) is 13.2 Å². The molecule has 3 N–H and O–H groups in total. The zero-order valence-electron chi connectivity index (χ0n) is 26.9. The Labute approximate surface area is 277 Å². The predicted octanol–water partition coefficient (Wildman–Crippen LogP) is 5.16. The average molecular weight is 665 g/mol. The van der Waals surface area contributed by atoms with Crippen LogP contribution in [-0.2, 0) is 38.3 Å². The highest BCUT2D eigenvalue weighted by Gasteiger charge is 2.36. The number of nitrogens with one attached hydrogen (secondary N) is 3. The van der Waals surface area contributed by atoms with E-state index in [4.69, 9.17) is 4.74 Å². The van der Waals surface area contributed by atoms with Gasteiger partial charge in [0, 0.05) is 42.7 Å². The second-order valence-corrected chi connectivity index (χ2v) is 12.7. The lowest BCUT2D eigenvalue weighted by atomic mass is 9.98. The number of aryl methyl sites for hydroxylation is 1. The number of fused-ring (bicyclic) bond motifs is 16. The van der Waals surface area contributed by atoms with Gasteiger partial charge in [0.2, 0.25) is 11.8 Å². The first-order chi connectivity index (χ1) is 22.8. The standard InChI is InChI=1S/C36H39F3N4O5/c1-35(2)21-31(44)42-29-15-13-25-20-26(36(37,38)39)14-16-30(25)43(34(29)47)22-23-9-11-24(12-10-23)27-6-3-4-7-28(27)33(46)40-17-5-8-32(45)48-19-18-41-35/h3-4,6-7,9-12,14,16,20,29,41H,5,8,13,15,17-19,21-22H2,1-2H3,(H,40,46)(H,42,44)/t29-/m1/s1. The molecule has 48 heavy (non-hydrogen) atoms. The Hall–Kier alpha value is -4.71. The van der Waals surface area contributed by atoms with Gasteiger partial charge in [0.15, 0.2) is 0 Å². The van der Waals surface area contributed by atoms with E-state index < -0.39 is 41.1 Å². The van der Waals surface area contributed by atoms with Crippen molar-refractivity contribution in [1.82, 2.24) is 16.0 Å². The predicted molar refractivity (Wildman–Crippen MR) is 174 cm³/mol. The van der Waals surface area contributed by atoms with Crippen LogP contribution in [0, 0.1) is 0 Å². The molecule has 3 aliphatic rings. The highest BCUT2D eigenvalue weighted by Crippen LogP contribution is 2.36. The van der Waals surface area contributed by atoms with Gasteiger partial charge >= 0.3 is 12.1 Å². The molecule has 9 nitrogen and oxygen atoms in total. The van der Waals surface area contributed by atoms with Crippen molar-refractivity contribution in [3.8, 4) is 11.1 Å². The molecule has 3 aromatic carbocycles. The van der Waals surface area contributed by atoms with Gasteiger partial charge in [-0.25, -0.2) is 0 Å². The minimum Gasteiger partial charge on any atom is -0.464 e. The van der Waals surface area contributed by atoms with Crippen molar-refractivity contribution in [2.75, 3.05) is 24.6 Å². The molecule has 0 saturated heterocycles. The molecule has 254 valence electrons. The number of ether oxygens (including phenoxy) is 1. The number of halogens is 3. The summed E-state index contributed by atoms with van der Waals surface area (Å²) in [5.41, 5.74) is 1.78. The Bertz CT molecular complexity index is 1670. The van der Waals surface area contributed by atoms with Crippen LogP contribution in [0.3, 0.4) is 0 Å². The van der Waals surface area contributed by atoms with Crippen LogP contribution in [0.25, 0.3) is 11.1 Å². The Kier molecular flexibility index (Phi) is 10.5. The number of carbonyl (C=O) groups is 4. The summed E-state index contributed by atoms with van der Waals surface area (Å²) in [6, 6.07) is 16.7. The van der Waals surface area contributed by atoms with Crippen LogP contribution in [0.15, 0.2) is 66.7 Å². The van der Waals surface area contributed by atoms with Crippen molar-refractivity contribution in [2.45, 2.75) is 70.3 Å². The number of esters is 1. The van der Waals surface area contributed by atoms with Crippen LogP contribution in [-0.4, -0.2) is 55.0 Å². The SMILES string of the molecule is CC1(C)CC(=O)N[C@@H]2CCc3cc(C(F)(F)F)ccc3N(Cc3ccc(cc3)-c3ccccc3C(=O)NCCCC(=O)OCCN1)C2=O. The lowest BCUT2D eigenvalue weighted by Crippen LogP contribution is -2.51. The van der Waals surface area contributed by atoms with E-state index in [-0.39, 0.29) is 57.8 Å². The molecule has 0 saturated carbocycles. The van der Waals surface area contributed by atoms with Crippen LogP contribution >= 0.6 is 0 Å². The van der Waals surface area contributed by atoms with Gasteiger partial charge in [-0.15, -0.1) is 0 Å². The van der Waals surface area contributed by atoms with Crippen molar-refractivity contribution in [2.24, 2.45) is 0 Å².